The van der Waals surface area contributed by atoms with Crippen molar-refractivity contribution < 1.29 is 9.53 Å². The summed E-state index contributed by atoms with van der Waals surface area (Å²) < 4.78 is 6.46. The monoisotopic (exact) mass is 327 g/mol. The molecule has 0 fully saturated rings. The number of para-hydroxylation sites is 1. The first-order chi connectivity index (χ1) is 8.70. The van der Waals surface area contributed by atoms with Crippen LogP contribution >= 0.6 is 27.3 Å². The van der Waals surface area contributed by atoms with E-state index < -0.39 is 5.91 Å². The molecule has 1 amide bonds. The van der Waals surface area contributed by atoms with Gasteiger partial charge in [-0.15, -0.1) is 11.3 Å². The fourth-order valence-corrected chi connectivity index (χ4v) is 2.36. The molecule has 0 saturated carbocycles. The summed E-state index contributed by atoms with van der Waals surface area (Å²) in [6.45, 7) is 0.303. The summed E-state index contributed by atoms with van der Waals surface area (Å²) in [4.78, 5) is 15.3. The second-order valence-electron chi connectivity index (χ2n) is 3.34. The zero-order chi connectivity index (χ0) is 13.0. The maximum absolute atomic E-state index is 11.2. The van der Waals surface area contributed by atoms with Gasteiger partial charge in [-0.1, -0.05) is 12.1 Å². The fraction of sp³-hybridized carbons (Fsp3) is 0.0909. The van der Waals surface area contributed by atoms with E-state index in [1.54, 1.807) is 5.38 Å². The molecular formula is C11H10BrN3O2S. The van der Waals surface area contributed by atoms with Crippen LogP contribution in [0.25, 0.3) is 0 Å². The molecule has 0 bridgehead atoms. The minimum atomic E-state index is -0.396. The molecule has 5 nitrogen and oxygen atoms in total. The maximum atomic E-state index is 11.2. The number of benzene rings is 1. The average Bonchev–Trinajstić information content (AvgIpc) is 2.86. The second kappa shape index (κ2) is 5.94. The molecule has 0 radical (unpaired) electrons. The Hall–Kier alpha value is -1.44. The highest BCUT2D eigenvalue weighted by molar-refractivity contribution is 9.10. The molecule has 0 atom stereocenters. The number of hydrogen-bond donors (Lipinski definition) is 2. The van der Waals surface area contributed by atoms with Crippen molar-refractivity contribution in [3.05, 3.63) is 44.8 Å². The largest absolute Gasteiger partial charge is 0.486 e. The van der Waals surface area contributed by atoms with Gasteiger partial charge in [0.15, 0.2) is 5.01 Å². The summed E-state index contributed by atoms with van der Waals surface area (Å²) in [5.41, 5.74) is 2.73. The van der Waals surface area contributed by atoms with Gasteiger partial charge in [0.25, 0.3) is 5.91 Å². The van der Waals surface area contributed by atoms with Crippen LogP contribution < -0.4 is 16.0 Å². The zero-order valence-corrected chi connectivity index (χ0v) is 11.6. The van der Waals surface area contributed by atoms with Crippen molar-refractivity contribution in [3.8, 4) is 5.75 Å². The molecule has 1 heterocycles. The number of ether oxygens (including phenoxy) is 1. The zero-order valence-electron chi connectivity index (χ0n) is 9.22. The van der Waals surface area contributed by atoms with Gasteiger partial charge >= 0.3 is 0 Å². The van der Waals surface area contributed by atoms with Crippen LogP contribution in [0.5, 0.6) is 5.75 Å². The number of nitrogens with zero attached hydrogens (tertiary/aromatic N) is 1. The summed E-state index contributed by atoms with van der Waals surface area (Å²) in [5.74, 6) is 5.36. The number of nitrogen functional groups attached to an aromatic ring is 1. The highest BCUT2D eigenvalue weighted by Crippen LogP contribution is 2.24. The smallest absolute Gasteiger partial charge is 0.294 e. The molecule has 0 unspecified atom stereocenters. The van der Waals surface area contributed by atoms with Crippen molar-refractivity contribution in [2.45, 2.75) is 6.61 Å². The molecule has 3 N–H and O–H groups in total. The van der Waals surface area contributed by atoms with Crippen molar-refractivity contribution in [1.82, 2.24) is 10.4 Å². The number of hydrazine groups is 1. The summed E-state index contributed by atoms with van der Waals surface area (Å²) in [6, 6.07) is 7.53. The highest BCUT2D eigenvalue weighted by Gasteiger charge is 2.10. The molecule has 1 aromatic carbocycles. The van der Waals surface area contributed by atoms with Crippen molar-refractivity contribution in [3.63, 3.8) is 0 Å². The lowest BCUT2D eigenvalue weighted by Crippen LogP contribution is -2.29. The molecule has 7 heteroatoms. The number of carbonyl (C=O) groups is 1. The fourth-order valence-electron chi connectivity index (χ4n) is 1.25. The Kier molecular flexibility index (Phi) is 4.29. The van der Waals surface area contributed by atoms with Gasteiger partial charge in [0.05, 0.1) is 10.2 Å². The molecule has 0 aliphatic rings. The number of halogens is 1. The summed E-state index contributed by atoms with van der Waals surface area (Å²) in [7, 11) is 0. The van der Waals surface area contributed by atoms with E-state index in [0.717, 1.165) is 10.2 Å². The van der Waals surface area contributed by atoms with Crippen LogP contribution in [0.15, 0.2) is 34.1 Å². The van der Waals surface area contributed by atoms with Crippen molar-refractivity contribution in [1.29, 1.82) is 0 Å². The van der Waals surface area contributed by atoms with Gasteiger partial charge in [-0.3, -0.25) is 10.2 Å². The highest BCUT2D eigenvalue weighted by atomic mass is 79.9. The molecule has 18 heavy (non-hydrogen) atoms. The first-order valence-electron chi connectivity index (χ1n) is 5.03. The number of thiazole rings is 1. The van der Waals surface area contributed by atoms with Crippen LogP contribution in [0.3, 0.4) is 0 Å². The number of amides is 1. The summed E-state index contributed by atoms with van der Waals surface area (Å²) in [6.07, 6.45) is 0. The van der Waals surface area contributed by atoms with Crippen LogP contribution in [-0.2, 0) is 6.61 Å². The Balaban J connectivity index is 2.01. The minimum Gasteiger partial charge on any atom is -0.486 e. The minimum absolute atomic E-state index is 0.303. The lowest BCUT2D eigenvalue weighted by molar-refractivity contribution is 0.0953. The van der Waals surface area contributed by atoms with Crippen LogP contribution in [0.4, 0.5) is 0 Å². The van der Waals surface area contributed by atoms with Gasteiger partial charge in [0, 0.05) is 5.38 Å². The van der Waals surface area contributed by atoms with E-state index in [9.17, 15) is 4.79 Å². The Labute approximate surface area is 116 Å². The van der Waals surface area contributed by atoms with E-state index in [2.05, 4.69) is 20.9 Å². The van der Waals surface area contributed by atoms with Gasteiger partial charge in [-0.2, -0.15) is 0 Å². The normalized spacial score (nSPS) is 10.1. The quantitative estimate of drug-likeness (QED) is 0.512. The number of rotatable bonds is 4. The van der Waals surface area contributed by atoms with Gasteiger partial charge < -0.3 is 4.74 Å². The van der Waals surface area contributed by atoms with Crippen molar-refractivity contribution in [2.75, 3.05) is 0 Å². The number of nitrogens with one attached hydrogen (secondary N) is 1. The summed E-state index contributed by atoms with van der Waals surface area (Å²) in [5, 5.41) is 2.09. The number of carbonyl (C=O) groups excluding carboxylic acids is 1. The first kappa shape index (κ1) is 13.0. The Bertz CT molecular complexity index is 559. The van der Waals surface area contributed by atoms with Crippen LogP contribution in [-0.4, -0.2) is 10.9 Å². The van der Waals surface area contributed by atoms with E-state index in [1.165, 1.54) is 11.3 Å². The summed E-state index contributed by atoms with van der Waals surface area (Å²) >= 11 is 4.61. The van der Waals surface area contributed by atoms with E-state index >= 15 is 0 Å². The third-order valence-electron chi connectivity index (χ3n) is 2.09. The third kappa shape index (κ3) is 3.06. The maximum Gasteiger partial charge on any atom is 0.294 e. The van der Waals surface area contributed by atoms with Crippen molar-refractivity contribution >= 4 is 33.2 Å². The lowest BCUT2D eigenvalue weighted by atomic mass is 10.3. The molecule has 1 aromatic heterocycles. The Morgan fingerprint density at radius 3 is 3.00 bits per heavy atom. The standard InChI is InChI=1S/C11H10BrN3O2S/c12-8-3-1-2-4-9(8)17-5-7-6-18-11(14-7)10(16)15-13/h1-4,6H,5,13H2,(H,15,16). The third-order valence-corrected chi connectivity index (χ3v) is 3.63. The van der Waals surface area contributed by atoms with Crippen LogP contribution in [0.1, 0.15) is 15.5 Å². The van der Waals surface area contributed by atoms with Crippen LogP contribution in [0.2, 0.25) is 0 Å². The molecule has 2 aromatic rings. The van der Waals surface area contributed by atoms with Crippen molar-refractivity contribution in [2.24, 2.45) is 5.84 Å². The molecule has 0 aliphatic heterocycles. The number of nitrogens with two attached hydrogens (primary N) is 1. The molecule has 0 aliphatic carbocycles. The molecular weight excluding hydrogens is 318 g/mol. The molecule has 0 spiro atoms. The van der Waals surface area contributed by atoms with Gasteiger partial charge in [-0.05, 0) is 28.1 Å². The predicted molar refractivity (Wildman–Crippen MR) is 72.2 cm³/mol. The van der Waals surface area contributed by atoms with Crippen LogP contribution in [0, 0.1) is 0 Å². The average molecular weight is 328 g/mol. The molecule has 2 rings (SSSR count). The number of aromatic nitrogens is 1. The van der Waals surface area contributed by atoms with E-state index in [4.69, 9.17) is 10.6 Å². The molecule has 0 saturated heterocycles. The van der Waals surface area contributed by atoms with Gasteiger partial charge in [0.1, 0.15) is 12.4 Å². The van der Waals surface area contributed by atoms with E-state index in [0.29, 0.717) is 17.3 Å². The van der Waals surface area contributed by atoms with E-state index in [-0.39, 0.29) is 0 Å². The van der Waals surface area contributed by atoms with Gasteiger partial charge in [-0.25, -0.2) is 10.8 Å². The molecule has 94 valence electrons. The predicted octanol–water partition coefficient (Wildman–Crippen LogP) is 2.09. The Morgan fingerprint density at radius 1 is 1.50 bits per heavy atom. The topological polar surface area (TPSA) is 77.2 Å². The second-order valence-corrected chi connectivity index (χ2v) is 5.05. The SMILES string of the molecule is NNC(=O)c1nc(COc2ccccc2Br)cs1. The first-order valence-corrected chi connectivity index (χ1v) is 6.70. The van der Waals surface area contributed by atoms with Gasteiger partial charge in [0.2, 0.25) is 0 Å². The lowest BCUT2D eigenvalue weighted by Gasteiger charge is -2.05. The number of hydrogen-bond acceptors (Lipinski definition) is 5. The Morgan fingerprint density at radius 2 is 2.28 bits per heavy atom. The van der Waals surface area contributed by atoms with E-state index in [1.807, 2.05) is 29.7 Å².